The molecule has 0 heterocycles. The van der Waals surface area contributed by atoms with Crippen molar-refractivity contribution in [2.45, 2.75) is 26.1 Å². The molecule has 0 aliphatic heterocycles. The first-order valence-electron chi connectivity index (χ1n) is 9.09. The molecule has 146 valence electrons. The number of methoxy groups -OCH3 is 1. The highest BCUT2D eigenvalue weighted by Crippen LogP contribution is 2.34. The van der Waals surface area contributed by atoms with Gasteiger partial charge in [-0.05, 0) is 30.2 Å². The number of benzene rings is 3. The van der Waals surface area contributed by atoms with Crippen molar-refractivity contribution >= 4 is 11.6 Å². The Kier molecular flexibility index (Phi) is 6.90. The Labute approximate surface area is 170 Å². The summed E-state index contributed by atoms with van der Waals surface area (Å²) in [6.07, 6.45) is 0. The number of ether oxygens (including phenoxy) is 2. The van der Waals surface area contributed by atoms with Gasteiger partial charge in [0, 0.05) is 29.2 Å². The fraction of sp³-hybridized carbons (Fsp3) is 0.217. The van der Waals surface area contributed by atoms with E-state index in [0.717, 1.165) is 5.56 Å². The van der Waals surface area contributed by atoms with E-state index >= 15 is 0 Å². The summed E-state index contributed by atoms with van der Waals surface area (Å²) in [6.45, 7) is 2.78. The van der Waals surface area contributed by atoms with Gasteiger partial charge in [-0.2, -0.15) is 0 Å². The normalized spacial score (nSPS) is 11.9. The van der Waals surface area contributed by atoms with E-state index in [9.17, 15) is 4.39 Å². The fourth-order valence-electron chi connectivity index (χ4n) is 2.88. The number of hydrogen-bond donors (Lipinski definition) is 1. The zero-order valence-electron chi connectivity index (χ0n) is 15.9. The summed E-state index contributed by atoms with van der Waals surface area (Å²) in [6, 6.07) is 20.5. The number of hydrogen-bond acceptors (Lipinski definition) is 3. The molecule has 3 rings (SSSR count). The second kappa shape index (κ2) is 9.58. The van der Waals surface area contributed by atoms with Crippen LogP contribution in [0.15, 0.2) is 66.7 Å². The lowest BCUT2D eigenvalue weighted by atomic mass is 10.1. The molecule has 5 heteroatoms. The zero-order valence-corrected chi connectivity index (χ0v) is 16.7. The monoisotopic (exact) mass is 399 g/mol. The molecule has 3 aromatic carbocycles. The second-order valence-corrected chi connectivity index (χ2v) is 6.90. The van der Waals surface area contributed by atoms with Crippen LogP contribution in [0.4, 0.5) is 4.39 Å². The molecule has 0 saturated carbocycles. The molecular formula is C23H23ClFNO2. The Morgan fingerprint density at radius 2 is 1.68 bits per heavy atom. The van der Waals surface area contributed by atoms with Crippen molar-refractivity contribution in [3.8, 4) is 11.5 Å². The van der Waals surface area contributed by atoms with E-state index in [4.69, 9.17) is 21.1 Å². The summed E-state index contributed by atoms with van der Waals surface area (Å²) in [5.74, 6) is 0.740. The van der Waals surface area contributed by atoms with E-state index in [2.05, 4.69) is 24.4 Å². The maximum Gasteiger partial charge on any atom is 0.163 e. The van der Waals surface area contributed by atoms with Gasteiger partial charge in [-0.25, -0.2) is 4.39 Å². The highest BCUT2D eigenvalue weighted by Gasteiger charge is 2.13. The van der Waals surface area contributed by atoms with Gasteiger partial charge in [0.05, 0.1) is 7.11 Å². The van der Waals surface area contributed by atoms with Crippen LogP contribution in [0.3, 0.4) is 0 Å². The topological polar surface area (TPSA) is 30.5 Å². The van der Waals surface area contributed by atoms with Crippen LogP contribution in [0, 0.1) is 5.82 Å². The first-order chi connectivity index (χ1) is 13.6. The molecule has 0 bridgehead atoms. The molecule has 1 unspecified atom stereocenters. The third-order valence-electron chi connectivity index (χ3n) is 4.57. The number of halogens is 2. The van der Waals surface area contributed by atoms with Crippen molar-refractivity contribution in [3.05, 3.63) is 94.3 Å². The summed E-state index contributed by atoms with van der Waals surface area (Å²) in [5, 5.41) is 4.03. The lowest BCUT2D eigenvalue weighted by Crippen LogP contribution is -2.18. The summed E-state index contributed by atoms with van der Waals surface area (Å²) in [4.78, 5) is 0. The van der Waals surface area contributed by atoms with Gasteiger partial charge >= 0.3 is 0 Å². The van der Waals surface area contributed by atoms with E-state index in [1.54, 1.807) is 31.4 Å². The van der Waals surface area contributed by atoms with Crippen molar-refractivity contribution in [2.24, 2.45) is 0 Å². The van der Waals surface area contributed by atoms with Gasteiger partial charge in [-0.1, -0.05) is 60.1 Å². The molecule has 0 spiro atoms. The van der Waals surface area contributed by atoms with Crippen LogP contribution in [0.25, 0.3) is 0 Å². The minimum atomic E-state index is -0.303. The molecule has 0 aliphatic carbocycles. The average Bonchev–Trinajstić information content (AvgIpc) is 2.72. The fourth-order valence-corrected chi connectivity index (χ4v) is 3.10. The van der Waals surface area contributed by atoms with E-state index in [1.807, 2.05) is 24.3 Å². The third kappa shape index (κ3) is 5.03. The van der Waals surface area contributed by atoms with Crippen LogP contribution < -0.4 is 14.8 Å². The maximum absolute atomic E-state index is 13.8. The number of rotatable bonds is 8. The molecule has 28 heavy (non-hydrogen) atoms. The second-order valence-electron chi connectivity index (χ2n) is 6.49. The van der Waals surface area contributed by atoms with Gasteiger partial charge in [0.1, 0.15) is 12.4 Å². The summed E-state index contributed by atoms with van der Waals surface area (Å²) >= 11 is 6.45. The van der Waals surface area contributed by atoms with Gasteiger partial charge in [0.25, 0.3) is 0 Å². The lowest BCUT2D eigenvalue weighted by Gasteiger charge is -2.17. The molecule has 0 radical (unpaired) electrons. The highest BCUT2D eigenvalue weighted by molar-refractivity contribution is 6.31. The van der Waals surface area contributed by atoms with Crippen LogP contribution in [-0.4, -0.2) is 7.11 Å². The predicted octanol–water partition coefficient (Wildman–Crippen LogP) is 5.92. The van der Waals surface area contributed by atoms with Crippen molar-refractivity contribution in [1.82, 2.24) is 5.32 Å². The molecule has 1 N–H and O–H groups in total. The van der Waals surface area contributed by atoms with Crippen molar-refractivity contribution in [3.63, 3.8) is 0 Å². The molecule has 0 saturated heterocycles. The van der Waals surface area contributed by atoms with Gasteiger partial charge < -0.3 is 14.8 Å². The quantitative estimate of drug-likeness (QED) is 0.510. The van der Waals surface area contributed by atoms with Crippen molar-refractivity contribution < 1.29 is 13.9 Å². The van der Waals surface area contributed by atoms with Gasteiger partial charge in [-0.3, -0.25) is 0 Å². The van der Waals surface area contributed by atoms with Crippen molar-refractivity contribution in [2.75, 3.05) is 7.11 Å². The molecule has 1 atom stereocenters. The smallest absolute Gasteiger partial charge is 0.163 e. The largest absolute Gasteiger partial charge is 0.493 e. The van der Waals surface area contributed by atoms with Gasteiger partial charge in [0.2, 0.25) is 0 Å². The number of nitrogens with one attached hydrogen (secondary N) is 1. The van der Waals surface area contributed by atoms with E-state index in [1.165, 1.54) is 11.6 Å². The zero-order chi connectivity index (χ0) is 19.9. The van der Waals surface area contributed by atoms with E-state index in [0.29, 0.717) is 28.6 Å². The SMILES string of the molecule is COc1cc(CNC(C)c2ccccc2)c(Cl)cc1OCc1ccccc1F. The first-order valence-corrected chi connectivity index (χ1v) is 9.47. The summed E-state index contributed by atoms with van der Waals surface area (Å²) in [5.41, 5.74) is 2.58. The molecule has 3 nitrogen and oxygen atoms in total. The Balaban J connectivity index is 1.69. The van der Waals surface area contributed by atoms with E-state index < -0.39 is 0 Å². The Morgan fingerprint density at radius 1 is 0.964 bits per heavy atom. The summed E-state index contributed by atoms with van der Waals surface area (Å²) < 4.78 is 25.0. The minimum Gasteiger partial charge on any atom is -0.493 e. The minimum absolute atomic E-state index is 0.0992. The molecule has 0 aliphatic rings. The Hall–Kier alpha value is -2.56. The molecule has 0 aromatic heterocycles. The Bertz CT molecular complexity index is 918. The lowest BCUT2D eigenvalue weighted by molar-refractivity contribution is 0.279. The van der Waals surface area contributed by atoms with Crippen LogP contribution >= 0.6 is 11.6 Å². The predicted molar refractivity (Wildman–Crippen MR) is 110 cm³/mol. The average molecular weight is 400 g/mol. The van der Waals surface area contributed by atoms with Gasteiger partial charge in [-0.15, -0.1) is 0 Å². The third-order valence-corrected chi connectivity index (χ3v) is 4.92. The summed E-state index contributed by atoms with van der Waals surface area (Å²) in [7, 11) is 1.57. The molecule has 3 aromatic rings. The molecule has 0 amide bonds. The molecular weight excluding hydrogens is 377 g/mol. The van der Waals surface area contributed by atoms with E-state index in [-0.39, 0.29) is 18.5 Å². The van der Waals surface area contributed by atoms with Crippen molar-refractivity contribution in [1.29, 1.82) is 0 Å². The van der Waals surface area contributed by atoms with Crippen LogP contribution in [0.1, 0.15) is 29.7 Å². The standard InChI is InChI=1S/C23H23ClFNO2/c1-16(17-8-4-3-5-9-17)26-14-19-12-22(27-2)23(13-20(19)24)28-15-18-10-6-7-11-21(18)25/h3-13,16,26H,14-15H2,1-2H3. The highest BCUT2D eigenvalue weighted by atomic mass is 35.5. The van der Waals surface area contributed by atoms with Crippen LogP contribution in [0.5, 0.6) is 11.5 Å². The Morgan fingerprint density at radius 3 is 2.39 bits per heavy atom. The van der Waals surface area contributed by atoms with Crippen LogP contribution in [0.2, 0.25) is 5.02 Å². The van der Waals surface area contributed by atoms with Crippen LogP contribution in [-0.2, 0) is 13.2 Å². The molecule has 0 fully saturated rings. The van der Waals surface area contributed by atoms with Gasteiger partial charge in [0.15, 0.2) is 11.5 Å². The first kappa shape index (κ1) is 20.2. The maximum atomic E-state index is 13.8.